The average Bonchev–Trinajstić information content (AvgIpc) is 3.85. The lowest BCUT2D eigenvalue weighted by Gasteiger charge is -2.07. The van der Waals surface area contributed by atoms with Crippen LogP contribution in [0.2, 0.25) is 10.0 Å². The Bertz CT molecular complexity index is 2690. The molecule has 2 aromatic carbocycles. The fourth-order valence-corrected chi connectivity index (χ4v) is 7.55. The Kier molecular flexibility index (Phi) is 15.0. The summed E-state index contributed by atoms with van der Waals surface area (Å²) in [6.07, 6.45) is -9.10. The molecule has 0 amide bonds. The number of anilines is 2. The quantitative estimate of drug-likeness (QED) is 0.0920. The van der Waals surface area contributed by atoms with Gasteiger partial charge in [-0.2, -0.15) is 26.3 Å². The number of hydrogen-bond donors (Lipinski definition) is 3. The lowest BCUT2D eigenvalue weighted by Crippen LogP contribution is -2.11. The number of aryl methyl sites for hydroxylation is 1. The molecule has 7 rings (SSSR count). The molecule has 0 saturated heterocycles. The van der Waals surface area contributed by atoms with Crippen LogP contribution in [0.25, 0.3) is 45.5 Å². The maximum atomic E-state index is 13.0. The van der Waals surface area contributed by atoms with Crippen LogP contribution in [0.5, 0.6) is 0 Å². The van der Waals surface area contributed by atoms with Gasteiger partial charge in [0.2, 0.25) is 0 Å². The summed E-state index contributed by atoms with van der Waals surface area (Å²) in [6, 6.07) is 16.1. The van der Waals surface area contributed by atoms with E-state index < -0.39 is 29.7 Å². The fourth-order valence-electron chi connectivity index (χ4n) is 5.65. The lowest BCUT2D eigenvalue weighted by atomic mass is 10.2. The number of aromatic nitrogens is 10. The van der Waals surface area contributed by atoms with Crippen molar-refractivity contribution in [1.29, 1.82) is 0 Å². The first kappa shape index (κ1) is 47.5. The number of rotatable bonds is 9. The lowest BCUT2D eigenvalue weighted by molar-refractivity contribution is -0.142. The number of carbonyl (C=O) groups is 1. The molecule has 7 aromatic rings. The van der Waals surface area contributed by atoms with Crippen molar-refractivity contribution in [3.05, 3.63) is 87.8 Å². The van der Waals surface area contributed by atoms with E-state index in [4.69, 9.17) is 33.9 Å². The Balaban J connectivity index is 0.000000194. The SMILES string of the molecule is CCSc1c(-c2nc3cc(C(F)(F)F)nnc3n2C)nc(-c2ccc(Cl)cc2)n1C.CCSc1c(C(=O)O)nc(-c2ccc(Cl)cc2)n1C.CNc1nnc(C(F)(F)F)cc1N. The van der Waals surface area contributed by atoms with Gasteiger partial charge in [-0.05, 0) is 66.1 Å². The number of imidazole rings is 3. The van der Waals surface area contributed by atoms with E-state index in [1.165, 1.54) is 18.8 Å². The van der Waals surface area contributed by atoms with Crippen molar-refractivity contribution >= 4 is 75.4 Å². The minimum absolute atomic E-state index is 0.0789. The zero-order valence-corrected chi connectivity index (χ0v) is 36.6. The minimum Gasteiger partial charge on any atom is -0.476 e. The molecule has 0 aliphatic rings. The number of aromatic carboxylic acids is 1. The minimum atomic E-state index is -4.59. The summed E-state index contributed by atoms with van der Waals surface area (Å²) in [4.78, 5) is 24.6. The highest BCUT2D eigenvalue weighted by Crippen LogP contribution is 2.37. The van der Waals surface area contributed by atoms with E-state index in [-0.39, 0.29) is 28.4 Å². The van der Waals surface area contributed by atoms with Gasteiger partial charge in [0, 0.05) is 55.4 Å². The van der Waals surface area contributed by atoms with Crippen molar-refractivity contribution < 1.29 is 36.2 Å². The third-order valence-corrected chi connectivity index (χ3v) is 11.1. The van der Waals surface area contributed by atoms with Gasteiger partial charge in [-0.1, -0.05) is 37.0 Å². The molecular formula is C38H36Cl2F6N12O2S2. The summed E-state index contributed by atoms with van der Waals surface area (Å²) < 4.78 is 80.5. The Hall–Kier alpha value is -5.58. The van der Waals surface area contributed by atoms with Crippen LogP contribution in [0.3, 0.4) is 0 Å². The maximum absolute atomic E-state index is 13.0. The molecule has 0 saturated carbocycles. The Morgan fingerprint density at radius 3 is 1.68 bits per heavy atom. The molecule has 0 aliphatic carbocycles. The van der Waals surface area contributed by atoms with Crippen molar-refractivity contribution in [1.82, 2.24) is 49.0 Å². The van der Waals surface area contributed by atoms with E-state index in [2.05, 4.69) is 35.7 Å². The molecule has 0 bridgehead atoms. The molecule has 328 valence electrons. The van der Waals surface area contributed by atoms with Crippen LogP contribution in [0.4, 0.5) is 37.8 Å². The second-order valence-electron chi connectivity index (χ2n) is 12.7. The molecule has 62 heavy (non-hydrogen) atoms. The van der Waals surface area contributed by atoms with Gasteiger partial charge < -0.3 is 29.9 Å². The van der Waals surface area contributed by atoms with Gasteiger partial charge in [-0.25, -0.2) is 19.7 Å². The molecule has 0 radical (unpaired) electrons. The molecule has 0 atom stereocenters. The molecule has 5 heterocycles. The van der Waals surface area contributed by atoms with Gasteiger partial charge in [-0.3, -0.25) is 0 Å². The second kappa shape index (κ2) is 19.6. The first-order valence-electron chi connectivity index (χ1n) is 18.0. The Morgan fingerprint density at radius 1 is 0.710 bits per heavy atom. The highest BCUT2D eigenvalue weighted by molar-refractivity contribution is 7.99. The molecule has 14 nitrogen and oxygen atoms in total. The van der Waals surface area contributed by atoms with Crippen LogP contribution < -0.4 is 11.1 Å². The smallest absolute Gasteiger partial charge is 0.435 e. The number of nitrogens with zero attached hydrogens (tertiary/aromatic N) is 10. The van der Waals surface area contributed by atoms with Crippen molar-refractivity contribution in [3.8, 4) is 34.3 Å². The summed E-state index contributed by atoms with van der Waals surface area (Å²) in [5, 5.41) is 27.8. The van der Waals surface area contributed by atoms with Crippen LogP contribution in [0, 0.1) is 0 Å². The maximum Gasteiger partial charge on any atom is 0.435 e. The second-order valence-corrected chi connectivity index (χ2v) is 16.1. The summed E-state index contributed by atoms with van der Waals surface area (Å²) in [7, 11) is 6.89. The number of fused-ring (bicyclic) bond motifs is 1. The zero-order valence-electron chi connectivity index (χ0n) is 33.4. The van der Waals surface area contributed by atoms with Crippen LogP contribution >= 0.6 is 46.7 Å². The number of nitrogen functional groups attached to an aromatic ring is 1. The van der Waals surface area contributed by atoms with Gasteiger partial charge in [0.25, 0.3) is 0 Å². The van der Waals surface area contributed by atoms with Gasteiger partial charge in [0.15, 0.2) is 34.4 Å². The van der Waals surface area contributed by atoms with Crippen LogP contribution in [-0.4, -0.2) is 78.7 Å². The largest absolute Gasteiger partial charge is 0.476 e. The molecule has 0 aliphatic heterocycles. The molecule has 24 heteroatoms. The van der Waals surface area contributed by atoms with E-state index in [1.54, 1.807) is 52.2 Å². The number of carboxylic acid groups (broad SMARTS) is 1. The number of halogens is 8. The molecular weight excluding hydrogens is 906 g/mol. The Labute approximate surface area is 368 Å². The summed E-state index contributed by atoms with van der Waals surface area (Å²) in [5.74, 6) is 2.45. The number of benzene rings is 2. The number of alkyl halides is 6. The third kappa shape index (κ3) is 10.7. The van der Waals surface area contributed by atoms with Crippen molar-refractivity contribution in [3.63, 3.8) is 0 Å². The molecule has 5 aromatic heterocycles. The van der Waals surface area contributed by atoms with E-state index in [0.717, 1.165) is 39.8 Å². The van der Waals surface area contributed by atoms with Gasteiger partial charge in [0.1, 0.15) is 32.9 Å². The Morgan fingerprint density at radius 2 is 1.19 bits per heavy atom. The van der Waals surface area contributed by atoms with E-state index in [9.17, 15) is 36.2 Å². The summed E-state index contributed by atoms with van der Waals surface area (Å²) >= 11 is 14.9. The molecule has 0 fully saturated rings. The predicted molar refractivity (Wildman–Crippen MR) is 228 cm³/mol. The van der Waals surface area contributed by atoms with Crippen LogP contribution in [0.15, 0.2) is 70.7 Å². The summed E-state index contributed by atoms with van der Waals surface area (Å²) in [5.41, 5.74) is 5.76. The van der Waals surface area contributed by atoms with E-state index in [0.29, 0.717) is 38.2 Å². The fraction of sp³-hybridized carbons (Fsp3) is 0.263. The zero-order chi connectivity index (χ0) is 45.7. The first-order valence-corrected chi connectivity index (χ1v) is 20.7. The van der Waals surface area contributed by atoms with Crippen LogP contribution in [0.1, 0.15) is 35.7 Å². The molecule has 4 N–H and O–H groups in total. The highest BCUT2D eigenvalue weighted by Gasteiger charge is 2.35. The van der Waals surface area contributed by atoms with Crippen molar-refractivity contribution in [2.45, 2.75) is 36.3 Å². The highest BCUT2D eigenvalue weighted by atomic mass is 35.5. The van der Waals surface area contributed by atoms with Crippen LogP contribution in [-0.2, 0) is 33.5 Å². The number of nitrogens with two attached hydrogens (primary N) is 1. The van der Waals surface area contributed by atoms with E-state index in [1.807, 2.05) is 56.8 Å². The monoisotopic (exact) mass is 940 g/mol. The standard InChI is InChI=1S/C19H16ClF3N6S.C13H13ClN2O2S.C6H7F3N4/c1-4-30-18-14(25-15(29(18)3)10-5-7-11(20)8-6-10)17-24-12-9-13(19(21,22)23)26-27-16(12)28(17)2;1-3-19-12-10(13(17)18)15-11(16(12)2)8-4-6-9(14)7-5-8;1-11-5-3(10)2-4(12-13-5)6(7,8)9/h5-9H,4H2,1-3H3;4-7H,3H2,1-2H3,(H,17,18);2H,1H3,(H2,10,12)(H,11,13). The van der Waals surface area contributed by atoms with Gasteiger partial charge in [-0.15, -0.1) is 43.9 Å². The average molecular weight is 942 g/mol. The van der Waals surface area contributed by atoms with Crippen molar-refractivity contribution in [2.75, 3.05) is 29.6 Å². The van der Waals surface area contributed by atoms with E-state index >= 15 is 0 Å². The number of thioether (sulfide) groups is 2. The number of carboxylic acids is 1. The third-order valence-electron chi connectivity index (χ3n) is 8.52. The predicted octanol–water partition coefficient (Wildman–Crippen LogP) is 9.88. The number of nitrogens with one attached hydrogen (secondary N) is 1. The normalized spacial score (nSPS) is 11.5. The first-order chi connectivity index (χ1) is 29.2. The topological polar surface area (TPSA) is 180 Å². The van der Waals surface area contributed by atoms with Gasteiger partial charge in [0.05, 0.1) is 5.69 Å². The molecule has 0 spiro atoms. The number of hydrogen-bond acceptors (Lipinski definition) is 12. The van der Waals surface area contributed by atoms with Gasteiger partial charge >= 0.3 is 18.3 Å². The summed E-state index contributed by atoms with van der Waals surface area (Å²) in [6.45, 7) is 3.99. The van der Waals surface area contributed by atoms with Crippen molar-refractivity contribution in [2.24, 2.45) is 21.1 Å². The molecule has 0 unspecified atom stereocenters.